The van der Waals surface area contributed by atoms with Crippen LogP contribution in [0.4, 0.5) is 10.1 Å². The minimum atomic E-state index is -3.84. The van der Waals surface area contributed by atoms with Gasteiger partial charge in [-0.25, -0.2) is 8.42 Å². The third-order valence-electron chi connectivity index (χ3n) is 3.69. The van der Waals surface area contributed by atoms with Crippen LogP contribution in [0.1, 0.15) is 25.8 Å². The van der Waals surface area contributed by atoms with Crippen LogP contribution in [0.5, 0.6) is 0 Å². The Morgan fingerprint density at radius 2 is 2.00 bits per heavy atom. The molecule has 0 saturated carbocycles. The maximum absolute atomic E-state index is 13.7. The highest BCUT2D eigenvalue weighted by molar-refractivity contribution is 7.89. The second-order valence-electron chi connectivity index (χ2n) is 6.08. The summed E-state index contributed by atoms with van der Waals surface area (Å²) in [6.07, 6.45) is 0.717. The Hall–Kier alpha value is -1.54. The Labute approximate surface area is 122 Å². The van der Waals surface area contributed by atoms with E-state index in [1.807, 2.05) is 13.8 Å². The van der Waals surface area contributed by atoms with Crippen molar-refractivity contribution in [2.75, 3.05) is 13.1 Å². The Morgan fingerprint density at radius 1 is 1.38 bits per heavy atom. The van der Waals surface area contributed by atoms with Crippen molar-refractivity contribution < 1.29 is 17.7 Å². The number of aryl methyl sites for hydroxylation is 1. The maximum atomic E-state index is 13.7. The zero-order valence-electron chi connectivity index (χ0n) is 12.1. The van der Waals surface area contributed by atoms with Crippen molar-refractivity contribution in [3.8, 4) is 0 Å². The molecule has 1 fully saturated rings. The van der Waals surface area contributed by atoms with Crippen LogP contribution in [0.15, 0.2) is 17.0 Å². The molecule has 0 aliphatic carbocycles. The number of nitrogens with zero attached hydrogens (tertiary/aromatic N) is 2. The first-order valence-electron chi connectivity index (χ1n) is 6.49. The lowest BCUT2D eigenvalue weighted by Gasteiger charge is -2.20. The van der Waals surface area contributed by atoms with E-state index in [1.54, 1.807) is 0 Å². The lowest BCUT2D eigenvalue weighted by atomic mass is 9.93. The zero-order valence-corrected chi connectivity index (χ0v) is 12.9. The molecule has 0 aromatic heterocycles. The number of halogens is 1. The van der Waals surface area contributed by atoms with Crippen molar-refractivity contribution in [2.45, 2.75) is 32.1 Å². The van der Waals surface area contributed by atoms with Gasteiger partial charge in [-0.2, -0.15) is 8.70 Å². The zero-order chi connectivity index (χ0) is 16.0. The van der Waals surface area contributed by atoms with Gasteiger partial charge in [0.2, 0.25) is 15.8 Å². The summed E-state index contributed by atoms with van der Waals surface area (Å²) in [6.45, 7) is 5.94. The first-order valence-corrected chi connectivity index (χ1v) is 7.93. The normalized spacial score (nSPS) is 18.9. The molecule has 116 valence electrons. The van der Waals surface area contributed by atoms with Gasteiger partial charge in [0, 0.05) is 19.2 Å². The molecule has 0 atom stereocenters. The summed E-state index contributed by atoms with van der Waals surface area (Å²) in [6, 6.07) is 1.94. The molecule has 1 saturated heterocycles. The molecule has 1 aliphatic heterocycles. The monoisotopic (exact) mass is 316 g/mol. The van der Waals surface area contributed by atoms with Gasteiger partial charge >= 0.3 is 5.69 Å². The van der Waals surface area contributed by atoms with Crippen LogP contribution in [0, 0.1) is 28.3 Å². The van der Waals surface area contributed by atoms with E-state index in [-0.39, 0.29) is 15.9 Å². The highest BCUT2D eigenvalue weighted by atomic mass is 32.2. The molecule has 1 aromatic carbocycles. The van der Waals surface area contributed by atoms with Crippen LogP contribution < -0.4 is 0 Å². The van der Waals surface area contributed by atoms with E-state index in [4.69, 9.17) is 0 Å². The summed E-state index contributed by atoms with van der Waals surface area (Å²) in [5.41, 5.74) is -0.998. The summed E-state index contributed by atoms with van der Waals surface area (Å²) in [5, 5.41) is 10.8. The lowest BCUT2D eigenvalue weighted by Crippen LogP contribution is -2.30. The number of sulfonamides is 1. The van der Waals surface area contributed by atoms with Crippen LogP contribution in [-0.4, -0.2) is 30.7 Å². The number of nitro groups is 1. The molecular weight excluding hydrogens is 299 g/mol. The average molecular weight is 316 g/mol. The highest BCUT2D eigenvalue weighted by Gasteiger charge is 2.37. The number of rotatable bonds is 3. The van der Waals surface area contributed by atoms with Gasteiger partial charge in [0.15, 0.2) is 0 Å². The average Bonchev–Trinajstić information content (AvgIpc) is 2.73. The molecule has 0 radical (unpaired) electrons. The van der Waals surface area contributed by atoms with E-state index in [9.17, 15) is 22.9 Å². The van der Waals surface area contributed by atoms with E-state index >= 15 is 0 Å². The summed E-state index contributed by atoms with van der Waals surface area (Å²) in [4.78, 5) is 9.70. The van der Waals surface area contributed by atoms with Crippen LogP contribution in [0.2, 0.25) is 0 Å². The van der Waals surface area contributed by atoms with Gasteiger partial charge in [-0.05, 0) is 30.4 Å². The molecule has 0 N–H and O–H groups in total. The van der Waals surface area contributed by atoms with Crippen molar-refractivity contribution >= 4 is 15.7 Å². The molecule has 8 heteroatoms. The fourth-order valence-corrected chi connectivity index (χ4v) is 4.15. The largest absolute Gasteiger partial charge is 0.306 e. The fourth-order valence-electron chi connectivity index (χ4n) is 2.42. The Balaban J connectivity index is 2.49. The SMILES string of the molecule is Cc1cc(S(=O)(=O)N2CCC(C)(C)C2)cc([N+](=O)[O-])c1F. The van der Waals surface area contributed by atoms with Crippen molar-refractivity contribution in [1.29, 1.82) is 0 Å². The molecule has 2 rings (SSSR count). The lowest BCUT2D eigenvalue weighted by molar-refractivity contribution is -0.387. The predicted octanol–water partition coefficient (Wildman–Crippen LogP) is 2.46. The maximum Gasteiger partial charge on any atom is 0.306 e. The van der Waals surface area contributed by atoms with E-state index < -0.39 is 26.5 Å². The second-order valence-corrected chi connectivity index (χ2v) is 8.02. The molecule has 6 nitrogen and oxygen atoms in total. The fraction of sp³-hybridized carbons (Fsp3) is 0.538. The number of benzene rings is 1. The van der Waals surface area contributed by atoms with Gasteiger partial charge in [0.25, 0.3) is 0 Å². The summed E-state index contributed by atoms with van der Waals surface area (Å²) in [5.74, 6) is -0.999. The van der Waals surface area contributed by atoms with Crippen molar-refractivity contribution in [2.24, 2.45) is 5.41 Å². The molecule has 0 amide bonds. The van der Waals surface area contributed by atoms with Crippen molar-refractivity contribution in [3.05, 3.63) is 33.6 Å². The van der Waals surface area contributed by atoms with Crippen LogP contribution in [-0.2, 0) is 10.0 Å². The van der Waals surface area contributed by atoms with Gasteiger partial charge < -0.3 is 0 Å². The predicted molar refractivity (Wildman–Crippen MR) is 74.9 cm³/mol. The molecule has 21 heavy (non-hydrogen) atoms. The van der Waals surface area contributed by atoms with Crippen molar-refractivity contribution in [3.63, 3.8) is 0 Å². The molecule has 0 spiro atoms. The first-order chi connectivity index (χ1) is 9.54. The number of hydrogen-bond donors (Lipinski definition) is 0. The third-order valence-corrected chi connectivity index (χ3v) is 5.51. The summed E-state index contributed by atoms with van der Waals surface area (Å²) in [7, 11) is -3.84. The van der Waals surface area contributed by atoms with Gasteiger partial charge in [0.1, 0.15) is 0 Å². The van der Waals surface area contributed by atoms with Crippen molar-refractivity contribution in [1.82, 2.24) is 4.31 Å². The van der Waals surface area contributed by atoms with Gasteiger partial charge in [-0.3, -0.25) is 10.1 Å². The quantitative estimate of drug-likeness (QED) is 0.633. The highest BCUT2D eigenvalue weighted by Crippen LogP contribution is 2.34. The van der Waals surface area contributed by atoms with E-state index in [2.05, 4.69) is 0 Å². The van der Waals surface area contributed by atoms with Gasteiger partial charge in [0.05, 0.1) is 9.82 Å². The standard InChI is InChI=1S/C13H17FN2O4S/c1-9-6-10(7-11(12(9)14)16(17)18)21(19,20)15-5-4-13(2,3)8-15/h6-7H,4-5,8H2,1-3H3. The van der Waals surface area contributed by atoms with E-state index in [0.717, 1.165) is 12.1 Å². The van der Waals surface area contributed by atoms with Crippen LogP contribution in [0.25, 0.3) is 0 Å². The molecule has 0 unspecified atom stereocenters. The third kappa shape index (κ3) is 2.91. The summed E-state index contributed by atoms with van der Waals surface area (Å²) >= 11 is 0. The van der Waals surface area contributed by atoms with Crippen LogP contribution in [0.3, 0.4) is 0 Å². The molecule has 1 aromatic rings. The Kier molecular flexibility index (Phi) is 3.79. The number of hydrogen-bond acceptors (Lipinski definition) is 4. The first kappa shape index (κ1) is 15.8. The topological polar surface area (TPSA) is 80.5 Å². The minimum Gasteiger partial charge on any atom is -0.258 e. The molecule has 1 heterocycles. The van der Waals surface area contributed by atoms with E-state index in [1.165, 1.54) is 11.2 Å². The number of nitro benzene ring substituents is 1. The minimum absolute atomic E-state index is 0.0544. The summed E-state index contributed by atoms with van der Waals surface area (Å²) < 4.78 is 40.0. The second kappa shape index (κ2) is 5.03. The Bertz CT molecular complexity index is 700. The van der Waals surface area contributed by atoms with Crippen LogP contribution >= 0.6 is 0 Å². The smallest absolute Gasteiger partial charge is 0.258 e. The van der Waals surface area contributed by atoms with Gasteiger partial charge in [-0.1, -0.05) is 13.8 Å². The van der Waals surface area contributed by atoms with Gasteiger partial charge in [-0.15, -0.1) is 0 Å². The Morgan fingerprint density at radius 3 is 2.48 bits per heavy atom. The van der Waals surface area contributed by atoms with E-state index in [0.29, 0.717) is 19.5 Å². The molecular formula is C13H17FN2O4S. The molecule has 1 aliphatic rings. The molecule has 0 bridgehead atoms.